The van der Waals surface area contributed by atoms with Crippen molar-refractivity contribution in [2.45, 2.75) is 6.92 Å². The number of carbonyl (C=O) groups is 2. The molecule has 0 aromatic rings. The average molecular weight is 194 g/mol. The van der Waals surface area contributed by atoms with Gasteiger partial charge in [-0.05, 0) is 13.0 Å². The van der Waals surface area contributed by atoms with Crippen LogP contribution >= 0.6 is 0 Å². The fourth-order valence-corrected chi connectivity index (χ4v) is 0.616. The van der Waals surface area contributed by atoms with E-state index in [0.29, 0.717) is 0 Å². The average Bonchev–Trinajstić information content (AvgIpc) is 2.13. The second kappa shape index (κ2) is 5.75. The van der Waals surface area contributed by atoms with Crippen LogP contribution in [0, 0.1) is 6.54 Å². The van der Waals surface area contributed by atoms with E-state index in [4.69, 9.17) is 5.11 Å². The van der Waals surface area contributed by atoms with E-state index in [1.54, 1.807) is 0 Å². The first-order valence-corrected chi connectivity index (χ1v) is 3.84. The third-order valence-corrected chi connectivity index (χ3v) is 1.35. The standard InChI is InChI=1S/C10H12NO3/c1-4-5-11-9(12)7(2)6-8(3)10(13)14/h4-6H,1-2H2,3H3,(H,11,12)(H,13,14). The van der Waals surface area contributed by atoms with Crippen molar-refractivity contribution in [3.8, 4) is 0 Å². The molecule has 0 rings (SSSR count). The Morgan fingerprint density at radius 1 is 1.43 bits per heavy atom. The Kier molecular flexibility index (Phi) is 4.99. The van der Waals surface area contributed by atoms with Crippen LogP contribution in [0.4, 0.5) is 0 Å². The monoisotopic (exact) mass is 194 g/mol. The Hall–Kier alpha value is -1.84. The smallest absolute Gasteiger partial charge is 0.331 e. The second-order valence-corrected chi connectivity index (χ2v) is 2.53. The molecule has 4 nitrogen and oxygen atoms in total. The molecule has 0 unspecified atom stereocenters. The van der Waals surface area contributed by atoms with Crippen LogP contribution in [0.25, 0.3) is 0 Å². The molecule has 0 saturated heterocycles. The van der Waals surface area contributed by atoms with Crippen LogP contribution in [-0.4, -0.2) is 17.0 Å². The molecular weight excluding hydrogens is 182 g/mol. The highest BCUT2D eigenvalue weighted by Gasteiger charge is 2.06. The van der Waals surface area contributed by atoms with Gasteiger partial charge in [0.25, 0.3) is 5.91 Å². The van der Waals surface area contributed by atoms with Crippen LogP contribution in [0.1, 0.15) is 6.92 Å². The van der Waals surface area contributed by atoms with Gasteiger partial charge >= 0.3 is 5.97 Å². The Morgan fingerprint density at radius 3 is 2.43 bits per heavy atom. The Labute approximate surface area is 82.6 Å². The number of aliphatic carboxylic acids is 1. The van der Waals surface area contributed by atoms with Crippen LogP contribution in [-0.2, 0) is 9.59 Å². The van der Waals surface area contributed by atoms with Crippen LogP contribution < -0.4 is 5.32 Å². The Morgan fingerprint density at radius 2 is 2.00 bits per heavy atom. The zero-order valence-corrected chi connectivity index (χ0v) is 7.91. The number of carboxylic acid groups (broad SMARTS) is 1. The summed E-state index contributed by atoms with van der Waals surface area (Å²) in [6, 6.07) is 0. The van der Waals surface area contributed by atoms with Crippen LogP contribution in [0.5, 0.6) is 0 Å². The maximum atomic E-state index is 11.1. The lowest BCUT2D eigenvalue weighted by Crippen LogP contribution is -2.20. The summed E-state index contributed by atoms with van der Waals surface area (Å²) in [7, 11) is 0. The lowest BCUT2D eigenvalue weighted by atomic mass is 10.2. The molecule has 1 amide bonds. The molecule has 14 heavy (non-hydrogen) atoms. The summed E-state index contributed by atoms with van der Waals surface area (Å²) in [5.74, 6) is -1.53. The molecule has 0 aromatic carbocycles. The van der Waals surface area contributed by atoms with Gasteiger partial charge in [0.05, 0.1) is 6.54 Å². The molecule has 0 bridgehead atoms. The van der Waals surface area contributed by atoms with Gasteiger partial charge in [0.15, 0.2) is 0 Å². The minimum Gasteiger partial charge on any atom is -0.478 e. The maximum Gasteiger partial charge on any atom is 0.331 e. The van der Waals surface area contributed by atoms with Gasteiger partial charge < -0.3 is 10.4 Å². The molecule has 0 fully saturated rings. The number of hydrogen-bond donors (Lipinski definition) is 2. The highest BCUT2D eigenvalue weighted by molar-refractivity contribution is 5.98. The Balaban J connectivity index is 4.34. The van der Waals surface area contributed by atoms with Gasteiger partial charge in [-0.25, -0.2) is 4.79 Å². The van der Waals surface area contributed by atoms with Crippen molar-refractivity contribution >= 4 is 11.9 Å². The summed E-state index contributed by atoms with van der Waals surface area (Å²) in [4.78, 5) is 21.5. The van der Waals surface area contributed by atoms with Crippen molar-refractivity contribution in [2.24, 2.45) is 0 Å². The number of amides is 1. The lowest BCUT2D eigenvalue weighted by molar-refractivity contribution is -0.132. The van der Waals surface area contributed by atoms with Gasteiger partial charge in [-0.1, -0.05) is 12.7 Å². The number of nitrogens with one attached hydrogen (secondary N) is 1. The maximum absolute atomic E-state index is 11.1. The van der Waals surface area contributed by atoms with E-state index in [0.717, 1.165) is 0 Å². The van der Waals surface area contributed by atoms with Crippen molar-refractivity contribution < 1.29 is 14.7 Å². The first-order valence-electron chi connectivity index (χ1n) is 3.84. The van der Waals surface area contributed by atoms with Crippen molar-refractivity contribution in [3.05, 3.63) is 43.0 Å². The molecule has 0 aliphatic carbocycles. The van der Waals surface area contributed by atoms with Crippen molar-refractivity contribution in [2.75, 3.05) is 0 Å². The number of carboxylic acids is 1. The fourth-order valence-electron chi connectivity index (χ4n) is 0.616. The summed E-state index contributed by atoms with van der Waals surface area (Å²) >= 11 is 0. The quantitative estimate of drug-likeness (QED) is 0.507. The molecule has 0 aliphatic rings. The molecule has 0 atom stereocenters. The first kappa shape index (κ1) is 12.2. The fraction of sp³-hybridized carbons (Fsp3) is 0.100. The molecule has 0 heterocycles. The zero-order valence-electron chi connectivity index (χ0n) is 7.91. The minimum atomic E-state index is -1.08. The van der Waals surface area contributed by atoms with Crippen LogP contribution in [0.15, 0.2) is 36.5 Å². The summed E-state index contributed by atoms with van der Waals surface area (Å²) < 4.78 is 0. The van der Waals surface area contributed by atoms with E-state index in [-0.39, 0.29) is 11.1 Å². The van der Waals surface area contributed by atoms with Gasteiger partial charge in [-0.3, -0.25) is 4.79 Å². The normalized spacial score (nSPS) is 10.5. The van der Waals surface area contributed by atoms with E-state index < -0.39 is 11.9 Å². The zero-order chi connectivity index (χ0) is 11.1. The number of rotatable bonds is 5. The molecular formula is C10H12NO3. The highest BCUT2D eigenvalue weighted by atomic mass is 16.4. The van der Waals surface area contributed by atoms with Gasteiger partial charge in [-0.15, -0.1) is 6.58 Å². The van der Waals surface area contributed by atoms with Gasteiger partial charge in [0, 0.05) is 11.1 Å². The summed E-state index contributed by atoms with van der Waals surface area (Å²) in [5.41, 5.74) is 0.145. The summed E-state index contributed by atoms with van der Waals surface area (Å²) in [6.07, 6.45) is 2.60. The summed E-state index contributed by atoms with van der Waals surface area (Å²) in [6.45, 7) is 9.53. The molecule has 0 aliphatic heterocycles. The van der Waals surface area contributed by atoms with E-state index in [1.807, 2.05) is 0 Å². The molecule has 4 heteroatoms. The summed E-state index contributed by atoms with van der Waals surface area (Å²) in [5, 5.41) is 10.9. The predicted molar refractivity (Wildman–Crippen MR) is 53.2 cm³/mol. The van der Waals surface area contributed by atoms with E-state index in [9.17, 15) is 9.59 Å². The largest absolute Gasteiger partial charge is 0.478 e. The van der Waals surface area contributed by atoms with Crippen molar-refractivity contribution in [1.29, 1.82) is 0 Å². The molecule has 1 radical (unpaired) electrons. The Bertz CT molecular complexity index is 302. The minimum absolute atomic E-state index is 0.0590. The molecule has 0 saturated carbocycles. The van der Waals surface area contributed by atoms with Crippen molar-refractivity contribution in [1.82, 2.24) is 5.32 Å². The molecule has 2 N–H and O–H groups in total. The van der Waals surface area contributed by atoms with Crippen molar-refractivity contribution in [3.63, 3.8) is 0 Å². The second-order valence-electron chi connectivity index (χ2n) is 2.53. The van der Waals surface area contributed by atoms with Crippen LogP contribution in [0.2, 0.25) is 0 Å². The van der Waals surface area contributed by atoms with Gasteiger partial charge in [0.2, 0.25) is 0 Å². The van der Waals surface area contributed by atoms with Crippen LogP contribution in [0.3, 0.4) is 0 Å². The van der Waals surface area contributed by atoms with E-state index >= 15 is 0 Å². The molecule has 75 valence electrons. The highest BCUT2D eigenvalue weighted by Crippen LogP contribution is 2.00. The molecule has 0 aromatic heterocycles. The van der Waals surface area contributed by atoms with Gasteiger partial charge in [-0.2, -0.15) is 0 Å². The topological polar surface area (TPSA) is 66.4 Å². The SMILES string of the molecule is C=C[CH]NC(=O)C(=C)C=C(C)C(=O)O. The third kappa shape index (κ3) is 4.25. The van der Waals surface area contributed by atoms with E-state index in [2.05, 4.69) is 18.5 Å². The molecule has 0 spiro atoms. The predicted octanol–water partition coefficient (Wildman–Crippen LogP) is 1.04. The third-order valence-electron chi connectivity index (χ3n) is 1.35. The first-order chi connectivity index (χ1) is 6.49. The van der Waals surface area contributed by atoms with E-state index in [1.165, 1.54) is 25.6 Å². The lowest BCUT2D eigenvalue weighted by Gasteiger charge is -2.01. The number of carbonyl (C=O) groups excluding carboxylic acids is 1. The number of hydrogen-bond acceptors (Lipinski definition) is 2. The van der Waals surface area contributed by atoms with Gasteiger partial charge in [0.1, 0.15) is 0 Å².